The van der Waals surface area contributed by atoms with Crippen molar-refractivity contribution in [1.82, 2.24) is 0 Å². The van der Waals surface area contributed by atoms with Gasteiger partial charge in [0.15, 0.2) is 0 Å². The average Bonchev–Trinajstić information content (AvgIpc) is 3.96. The summed E-state index contributed by atoms with van der Waals surface area (Å²) in [6.45, 7) is 4.75. The maximum Gasteiger partial charge on any atom is 0.135 e. The third-order valence-corrected chi connectivity index (χ3v) is 13.4. The second-order valence-electron chi connectivity index (χ2n) is 17.3. The molecule has 0 fully saturated rings. The zero-order chi connectivity index (χ0) is 41.8. The van der Waals surface area contributed by atoms with E-state index < -0.39 is 0 Å². The van der Waals surface area contributed by atoms with Gasteiger partial charge in [0.2, 0.25) is 0 Å². The molecule has 0 unspecified atom stereocenters. The maximum absolute atomic E-state index is 6.31. The van der Waals surface area contributed by atoms with Crippen LogP contribution in [0, 0.1) is 0 Å². The van der Waals surface area contributed by atoms with Crippen molar-refractivity contribution in [2.75, 3.05) is 9.80 Å². The molecule has 0 spiro atoms. The standard InChI is InChI=1S/C59H40N2O2/c1-59(2)52-35-41(60(39-26-30-57-50(33-39)48-20-10-12-22-55(48)62-57)40-27-31-58-51(34-40)49-21-11-13-23-56(49)63-58)24-28-45(52)46-29-25-42(36-53(46)59)61(38-15-4-3-5-16-38)54-32-37-14-6-7-17-43(37)44-18-8-9-19-47(44)54/h3-36H,1-2H3. The van der Waals surface area contributed by atoms with Crippen LogP contribution in [0.1, 0.15) is 25.0 Å². The summed E-state index contributed by atoms with van der Waals surface area (Å²) >= 11 is 0. The Labute approximate surface area is 364 Å². The molecule has 10 aromatic carbocycles. The number of furan rings is 2. The SMILES string of the molecule is CC1(C)c2cc(N(c3ccc4oc5ccccc5c4c3)c3ccc4oc5ccccc5c4c3)ccc2-c2ccc(N(c3ccccc3)c3cc4ccccc4c4ccccc34)cc21. The Kier molecular flexibility index (Phi) is 7.62. The van der Waals surface area contributed by atoms with E-state index in [0.29, 0.717) is 0 Å². The van der Waals surface area contributed by atoms with Crippen molar-refractivity contribution in [1.29, 1.82) is 0 Å². The largest absolute Gasteiger partial charge is 0.456 e. The molecule has 63 heavy (non-hydrogen) atoms. The Hall–Kier alpha value is -8.08. The molecule has 0 atom stereocenters. The molecule has 298 valence electrons. The molecule has 12 aromatic rings. The molecular formula is C59H40N2O2. The van der Waals surface area contributed by atoms with Crippen molar-refractivity contribution in [3.8, 4) is 11.1 Å². The monoisotopic (exact) mass is 808 g/mol. The lowest BCUT2D eigenvalue weighted by molar-refractivity contribution is 0.660. The fraction of sp³-hybridized carbons (Fsp3) is 0.0508. The molecule has 0 saturated carbocycles. The van der Waals surface area contributed by atoms with Crippen molar-refractivity contribution in [3.05, 3.63) is 217 Å². The second kappa shape index (κ2) is 13.5. The van der Waals surface area contributed by atoms with E-state index in [9.17, 15) is 0 Å². The van der Waals surface area contributed by atoms with Gasteiger partial charge in [-0.15, -0.1) is 0 Å². The van der Waals surface area contributed by atoms with Gasteiger partial charge in [0.05, 0.1) is 5.69 Å². The van der Waals surface area contributed by atoms with Crippen LogP contribution in [-0.4, -0.2) is 0 Å². The fourth-order valence-electron chi connectivity index (χ4n) is 10.4. The molecule has 0 radical (unpaired) electrons. The van der Waals surface area contributed by atoms with E-state index >= 15 is 0 Å². The fourth-order valence-corrected chi connectivity index (χ4v) is 10.4. The summed E-state index contributed by atoms with van der Waals surface area (Å²) in [7, 11) is 0. The highest BCUT2D eigenvalue weighted by Crippen LogP contribution is 2.53. The number of fused-ring (bicyclic) bond motifs is 12. The van der Waals surface area contributed by atoms with Crippen molar-refractivity contribution in [2.45, 2.75) is 19.3 Å². The van der Waals surface area contributed by atoms with Crippen LogP contribution < -0.4 is 9.80 Å². The predicted octanol–water partition coefficient (Wildman–Crippen LogP) is 17.0. The van der Waals surface area contributed by atoms with Crippen molar-refractivity contribution in [3.63, 3.8) is 0 Å². The van der Waals surface area contributed by atoms with Crippen LogP contribution in [0.3, 0.4) is 0 Å². The summed E-state index contributed by atoms with van der Waals surface area (Å²) in [5, 5.41) is 9.34. The van der Waals surface area contributed by atoms with Gasteiger partial charge in [-0.25, -0.2) is 0 Å². The predicted molar refractivity (Wildman–Crippen MR) is 263 cm³/mol. The summed E-state index contributed by atoms with van der Waals surface area (Å²) in [5.74, 6) is 0. The number of rotatable bonds is 6. The van der Waals surface area contributed by atoms with Crippen LogP contribution in [0.25, 0.3) is 76.5 Å². The van der Waals surface area contributed by atoms with Crippen LogP contribution in [0.2, 0.25) is 0 Å². The molecule has 0 aliphatic heterocycles. The molecule has 2 aromatic heterocycles. The Bertz CT molecular complexity index is 3690. The quantitative estimate of drug-likeness (QED) is 0.157. The average molecular weight is 809 g/mol. The van der Waals surface area contributed by atoms with Crippen LogP contribution in [-0.2, 0) is 5.41 Å². The molecule has 4 nitrogen and oxygen atoms in total. The molecule has 2 heterocycles. The van der Waals surface area contributed by atoms with Crippen molar-refractivity contribution >= 4 is 99.5 Å². The topological polar surface area (TPSA) is 32.8 Å². The van der Waals surface area contributed by atoms with Crippen LogP contribution >= 0.6 is 0 Å². The van der Waals surface area contributed by atoms with Gasteiger partial charge in [-0.2, -0.15) is 0 Å². The summed E-state index contributed by atoms with van der Waals surface area (Å²) < 4.78 is 12.6. The number of benzene rings is 10. The number of anilines is 6. The van der Waals surface area contributed by atoms with Gasteiger partial charge in [-0.1, -0.05) is 129 Å². The third-order valence-electron chi connectivity index (χ3n) is 13.4. The smallest absolute Gasteiger partial charge is 0.135 e. The van der Waals surface area contributed by atoms with E-state index in [-0.39, 0.29) is 5.41 Å². The van der Waals surface area contributed by atoms with Gasteiger partial charge < -0.3 is 18.6 Å². The molecule has 0 bridgehead atoms. The van der Waals surface area contributed by atoms with E-state index in [0.717, 1.165) is 78.0 Å². The number of hydrogen-bond acceptors (Lipinski definition) is 4. The molecule has 1 aliphatic rings. The van der Waals surface area contributed by atoms with Crippen LogP contribution in [0.15, 0.2) is 215 Å². The van der Waals surface area contributed by atoms with Gasteiger partial charge in [-0.05, 0) is 129 Å². The zero-order valence-corrected chi connectivity index (χ0v) is 34.8. The normalized spacial score (nSPS) is 13.0. The highest BCUT2D eigenvalue weighted by atomic mass is 16.3. The summed E-state index contributed by atoms with van der Waals surface area (Å²) in [6.07, 6.45) is 0. The number of nitrogens with zero attached hydrogens (tertiary/aromatic N) is 2. The Morgan fingerprint density at radius 1 is 0.317 bits per heavy atom. The molecule has 4 heteroatoms. The minimum atomic E-state index is -0.300. The van der Waals surface area contributed by atoms with Gasteiger partial charge >= 0.3 is 0 Å². The first-order valence-electron chi connectivity index (χ1n) is 21.7. The van der Waals surface area contributed by atoms with Gasteiger partial charge in [0.25, 0.3) is 0 Å². The van der Waals surface area contributed by atoms with Gasteiger partial charge in [0, 0.05) is 60.8 Å². The lowest BCUT2D eigenvalue weighted by Crippen LogP contribution is -2.17. The minimum Gasteiger partial charge on any atom is -0.456 e. The molecular weight excluding hydrogens is 769 g/mol. The number of para-hydroxylation sites is 3. The Morgan fingerprint density at radius 3 is 1.37 bits per heavy atom. The van der Waals surface area contributed by atoms with Crippen LogP contribution in [0.5, 0.6) is 0 Å². The first-order valence-corrected chi connectivity index (χ1v) is 21.7. The highest BCUT2D eigenvalue weighted by Gasteiger charge is 2.37. The van der Waals surface area contributed by atoms with E-state index in [2.05, 4.69) is 206 Å². The first kappa shape index (κ1) is 35.7. The molecule has 13 rings (SSSR count). The zero-order valence-electron chi connectivity index (χ0n) is 34.8. The summed E-state index contributed by atoms with van der Waals surface area (Å²) in [4.78, 5) is 4.82. The van der Waals surface area contributed by atoms with E-state index in [4.69, 9.17) is 8.83 Å². The second-order valence-corrected chi connectivity index (χ2v) is 17.3. The van der Waals surface area contributed by atoms with Crippen molar-refractivity contribution < 1.29 is 8.83 Å². The summed E-state index contributed by atoms with van der Waals surface area (Å²) in [6, 6.07) is 74.4. The Balaban J connectivity index is 0.975. The van der Waals surface area contributed by atoms with Gasteiger partial charge in [0.1, 0.15) is 22.3 Å². The third kappa shape index (κ3) is 5.41. The molecule has 1 aliphatic carbocycles. The summed E-state index contributed by atoms with van der Waals surface area (Å²) in [5.41, 5.74) is 15.0. The molecule has 0 amide bonds. The van der Waals surface area contributed by atoms with E-state index in [1.807, 2.05) is 24.3 Å². The Morgan fingerprint density at radius 2 is 0.762 bits per heavy atom. The van der Waals surface area contributed by atoms with Gasteiger partial charge in [-0.3, -0.25) is 0 Å². The maximum atomic E-state index is 6.31. The number of hydrogen-bond donors (Lipinski definition) is 0. The van der Waals surface area contributed by atoms with E-state index in [1.165, 1.54) is 43.8 Å². The van der Waals surface area contributed by atoms with E-state index in [1.54, 1.807) is 0 Å². The highest BCUT2D eigenvalue weighted by molar-refractivity contribution is 6.15. The molecule has 0 saturated heterocycles. The molecule has 0 N–H and O–H groups in total. The minimum absolute atomic E-state index is 0.300. The lowest BCUT2D eigenvalue weighted by Gasteiger charge is -2.30. The first-order chi connectivity index (χ1) is 31.0. The van der Waals surface area contributed by atoms with Crippen molar-refractivity contribution in [2.24, 2.45) is 0 Å². The van der Waals surface area contributed by atoms with Crippen LogP contribution in [0.4, 0.5) is 34.1 Å². The lowest BCUT2D eigenvalue weighted by atomic mass is 9.82.